The highest BCUT2D eigenvalue weighted by atomic mass is 16.5. The van der Waals surface area contributed by atoms with Crippen LogP contribution in [0.3, 0.4) is 0 Å². The van der Waals surface area contributed by atoms with E-state index in [2.05, 4.69) is 30.8 Å². The van der Waals surface area contributed by atoms with Gasteiger partial charge in [-0.1, -0.05) is 12.1 Å². The average molecular weight is 421 g/mol. The summed E-state index contributed by atoms with van der Waals surface area (Å²) in [7, 11) is 0. The minimum atomic E-state index is 0.590. The van der Waals surface area contributed by atoms with E-state index in [1.165, 1.54) is 12.8 Å². The van der Waals surface area contributed by atoms with E-state index in [9.17, 15) is 0 Å². The topological polar surface area (TPSA) is 100 Å². The summed E-state index contributed by atoms with van der Waals surface area (Å²) in [6.07, 6.45) is 4.13. The summed E-state index contributed by atoms with van der Waals surface area (Å²) in [5.74, 6) is 3.62. The number of anilines is 4. The van der Waals surface area contributed by atoms with Gasteiger partial charge >= 0.3 is 0 Å². The van der Waals surface area contributed by atoms with Gasteiger partial charge in [0, 0.05) is 32.7 Å². The first-order chi connectivity index (χ1) is 15.3. The number of fused-ring (bicyclic) bond motifs is 1. The minimum Gasteiger partial charge on any atom is -0.492 e. The lowest BCUT2D eigenvalue weighted by atomic mass is 10.2. The van der Waals surface area contributed by atoms with Crippen LogP contribution in [0.15, 0.2) is 30.6 Å². The Labute approximate surface area is 181 Å². The number of benzene rings is 1. The van der Waals surface area contributed by atoms with Gasteiger partial charge in [0.15, 0.2) is 11.6 Å². The zero-order chi connectivity index (χ0) is 21.0. The smallest absolute Gasteiger partial charge is 0.228 e. The van der Waals surface area contributed by atoms with Crippen molar-refractivity contribution >= 4 is 34.3 Å². The lowest BCUT2D eigenvalue weighted by Crippen LogP contribution is -2.44. The Morgan fingerprint density at radius 2 is 1.90 bits per heavy atom. The van der Waals surface area contributed by atoms with E-state index < -0.39 is 0 Å². The second-order valence-corrected chi connectivity index (χ2v) is 7.91. The first-order valence-electron chi connectivity index (χ1n) is 11.0. The predicted octanol–water partition coefficient (Wildman–Crippen LogP) is 2.79. The van der Waals surface area contributed by atoms with Gasteiger partial charge in [0.05, 0.1) is 12.3 Å². The molecule has 9 heteroatoms. The Morgan fingerprint density at radius 1 is 1.06 bits per heavy atom. The van der Waals surface area contributed by atoms with Crippen LogP contribution < -0.4 is 25.6 Å². The number of nitrogens with one attached hydrogen (secondary N) is 3. The van der Waals surface area contributed by atoms with Crippen LogP contribution in [0.1, 0.15) is 19.8 Å². The first kappa shape index (κ1) is 19.7. The van der Waals surface area contributed by atoms with Gasteiger partial charge in [-0.15, -0.1) is 0 Å². The Bertz CT molecular complexity index is 1050. The molecule has 1 saturated heterocycles. The van der Waals surface area contributed by atoms with E-state index in [4.69, 9.17) is 14.7 Å². The third-order valence-electron chi connectivity index (χ3n) is 5.57. The standard InChI is InChI=1S/C22H28N8O/c1-2-31-17-6-4-3-5-16(17)27-21-18-19(20(26-14-25-18)24-13-15-7-8-15)28-22(29-21)30-11-9-23-10-12-30/h3-6,14-15,23H,2,7-13H2,1H3,(H,24,25,26)(H,27,28,29). The van der Waals surface area contributed by atoms with Crippen LogP contribution in [0.5, 0.6) is 5.75 Å². The monoisotopic (exact) mass is 420 g/mol. The summed E-state index contributed by atoms with van der Waals surface area (Å²) in [4.78, 5) is 21.0. The Kier molecular flexibility index (Phi) is 5.66. The molecule has 3 aromatic rings. The molecule has 0 spiro atoms. The molecule has 0 unspecified atom stereocenters. The van der Waals surface area contributed by atoms with Crippen molar-refractivity contribution < 1.29 is 4.74 Å². The highest BCUT2D eigenvalue weighted by Crippen LogP contribution is 2.33. The maximum atomic E-state index is 5.79. The Morgan fingerprint density at radius 3 is 2.71 bits per heavy atom. The number of ether oxygens (including phenoxy) is 1. The third-order valence-corrected chi connectivity index (χ3v) is 5.57. The molecule has 3 N–H and O–H groups in total. The van der Waals surface area contributed by atoms with E-state index in [1.54, 1.807) is 6.33 Å². The predicted molar refractivity (Wildman–Crippen MR) is 122 cm³/mol. The number of para-hydroxylation sites is 2. The molecule has 0 atom stereocenters. The van der Waals surface area contributed by atoms with Crippen molar-refractivity contribution in [2.75, 3.05) is 54.9 Å². The molecule has 1 aliphatic heterocycles. The molecule has 31 heavy (non-hydrogen) atoms. The molecule has 9 nitrogen and oxygen atoms in total. The van der Waals surface area contributed by atoms with Gasteiger partial charge in [-0.3, -0.25) is 0 Å². The Hall–Kier alpha value is -3.20. The normalized spacial score (nSPS) is 16.4. The maximum Gasteiger partial charge on any atom is 0.228 e. The molecular weight excluding hydrogens is 392 g/mol. The van der Waals surface area contributed by atoms with Crippen molar-refractivity contribution in [2.24, 2.45) is 5.92 Å². The van der Waals surface area contributed by atoms with E-state index in [-0.39, 0.29) is 0 Å². The second-order valence-electron chi connectivity index (χ2n) is 7.91. The molecule has 3 heterocycles. The molecule has 1 aromatic carbocycles. The van der Waals surface area contributed by atoms with Crippen molar-refractivity contribution in [1.82, 2.24) is 25.3 Å². The molecule has 2 aromatic heterocycles. The quantitative estimate of drug-likeness (QED) is 0.508. The highest BCUT2D eigenvalue weighted by molar-refractivity contribution is 5.94. The first-order valence-corrected chi connectivity index (χ1v) is 11.0. The molecule has 1 aliphatic carbocycles. The van der Waals surface area contributed by atoms with E-state index in [0.29, 0.717) is 23.9 Å². The van der Waals surface area contributed by atoms with Crippen molar-refractivity contribution in [1.29, 1.82) is 0 Å². The van der Waals surface area contributed by atoms with Crippen molar-refractivity contribution in [3.05, 3.63) is 30.6 Å². The van der Waals surface area contributed by atoms with Gasteiger partial charge < -0.3 is 25.6 Å². The maximum absolute atomic E-state index is 5.79. The zero-order valence-corrected chi connectivity index (χ0v) is 17.8. The molecule has 5 rings (SSSR count). The van der Waals surface area contributed by atoms with Gasteiger partial charge in [0.2, 0.25) is 5.95 Å². The zero-order valence-electron chi connectivity index (χ0n) is 17.8. The number of nitrogens with zero attached hydrogens (tertiary/aromatic N) is 5. The summed E-state index contributed by atoms with van der Waals surface area (Å²) >= 11 is 0. The summed E-state index contributed by atoms with van der Waals surface area (Å²) < 4.78 is 5.79. The van der Waals surface area contributed by atoms with Crippen LogP contribution in [0.4, 0.5) is 23.3 Å². The van der Waals surface area contributed by atoms with Gasteiger partial charge in [-0.05, 0) is 37.8 Å². The van der Waals surface area contributed by atoms with Gasteiger partial charge in [0.25, 0.3) is 0 Å². The Balaban J connectivity index is 1.57. The minimum absolute atomic E-state index is 0.590. The summed E-state index contributed by atoms with van der Waals surface area (Å²) in [5, 5.41) is 10.3. The van der Waals surface area contributed by atoms with Crippen LogP contribution >= 0.6 is 0 Å². The number of aromatic nitrogens is 4. The number of hydrogen-bond acceptors (Lipinski definition) is 9. The fraction of sp³-hybridized carbons (Fsp3) is 0.455. The number of piperazine rings is 1. The molecule has 2 fully saturated rings. The fourth-order valence-electron chi connectivity index (χ4n) is 3.70. The van der Waals surface area contributed by atoms with E-state index in [1.807, 2.05) is 31.2 Å². The largest absolute Gasteiger partial charge is 0.492 e. The molecule has 1 saturated carbocycles. The second kappa shape index (κ2) is 8.89. The molecule has 0 bridgehead atoms. The van der Waals surface area contributed by atoms with Crippen LogP contribution in [0.2, 0.25) is 0 Å². The van der Waals surface area contributed by atoms with Gasteiger partial charge in [0.1, 0.15) is 23.1 Å². The van der Waals surface area contributed by atoms with Crippen molar-refractivity contribution in [3.63, 3.8) is 0 Å². The number of rotatable bonds is 8. The van der Waals surface area contributed by atoms with Crippen LogP contribution in [-0.2, 0) is 0 Å². The average Bonchev–Trinajstić information content (AvgIpc) is 3.64. The van der Waals surface area contributed by atoms with Gasteiger partial charge in [-0.2, -0.15) is 4.98 Å². The van der Waals surface area contributed by atoms with Crippen molar-refractivity contribution in [2.45, 2.75) is 19.8 Å². The summed E-state index contributed by atoms with van der Waals surface area (Å²) in [6.45, 7) is 7.02. The van der Waals surface area contributed by atoms with E-state index >= 15 is 0 Å². The van der Waals surface area contributed by atoms with E-state index in [0.717, 1.165) is 61.4 Å². The summed E-state index contributed by atoms with van der Waals surface area (Å²) in [6, 6.07) is 7.87. The number of hydrogen-bond donors (Lipinski definition) is 3. The summed E-state index contributed by atoms with van der Waals surface area (Å²) in [5.41, 5.74) is 2.28. The van der Waals surface area contributed by atoms with Crippen LogP contribution in [0.25, 0.3) is 11.0 Å². The molecule has 0 radical (unpaired) electrons. The third kappa shape index (κ3) is 4.46. The van der Waals surface area contributed by atoms with Crippen LogP contribution in [-0.4, -0.2) is 59.3 Å². The lowest BCUT2D eigenvalue weighted by molar-refractivity contribution is 0.342. The highest BCUT2D eigenvalue weighted by Gasteiger charge is 2.23. The molecule has 2 aliphatic rings. The molecular formula is C22H28N8O. The fourth-order valence-corrected chi connectivity index (χ4v) is 3.70. The molecule has 0 amide bonds. The van der Waals surface area contributed by atoms with Crippen LogP contribution in [0, 0.1) is 5.92 Å². The van der Waals surface area contributed by atoms with Gasteiger partial charge in [-0.25, -0.2) is 15.0 Å². The molecule has 162 valence electrons. The van der Waals surface area contributed by atoms with Crippen molar-refractivity contribution in [3.8, 4) is 5.75 Å². The SMILES string of the molecule is CCOc1ccccc1Nc1nc(N2CCNCC2)nc2c(NCC3CC3)ncnc12. The lowest BCUT2D eigenvalue weighted by Gasteiger charge is -2.28.